The van der Waals surface area contributed by atoms with Gasteiger partial charge < -0.3 is 15.2 Å². The molecule has 6 nitrogen and oxygen atoms in total. The number of halogens is 1. The number of anilines is 1. The number of nitrogens with zero attached hydrogens (tertiary/aromatic N) is 3. The maximum atomic E-state index is 12.3. The van der Waals surface area contributed by atoms with Crippen molar-refractivity contribution in [1.29, 1.82) is 0 Å². The van der Waals surface area contributed by atoms with Gasteiger partial charge in [-0.25, -0.2) is 4.79 Å². The van der Waals surface area contributed by atoms with Gasteiger partial charge in [-0.15, -0.1) is 10.2 Å². The molecule has 1 unspecified atom stereocenters. The predicted octanol–water partition coefficient (Wildman–Crippen LogP) is 3.93. The molecular formula is C17H22ClN5O. The summed E-state index contributed by atoms with van der Waals surface area (Å²) in [4.78, 5) is 12.3. The van der Waals surface area contributed by atoms with E-state index in [4.69, 9.17) is 11.6 Å². The molecule has 0 aliphatic carbocycles. The number of hydrogen-bond donors (Lipinski definition) is 2. The van der Waals surface area contributed by atoms with E-state index in [1.54, 1.807) is 24.3 Å². The molecule has 0 saturated heterocycles. The fourth-order valence-electron chi connectivity index (χ4n) is 3.01. The summed E-state index contributed by atoms with van der Waals surface area (Å²) in [6, 6.07) is 6.65. The predicted molar refractivity (Wildman–Crippen MR) is 94.2 cm³/mol. The van der Waals surface area contributed by atoms with Crippen molar-refractivity contribution in [3.63, 3.8) is 0 Å². The monoisotopic (exact) mass is 347 g/mol. The van der Waals surface area contributed by atoms with Gasteiger partial charge in [0.1, 0.15) is 5.82 Å². The number of aromatic nitrogens is 3. The van der Waals surface area contributed by atoms with Crippen molar-refractivity contribution in [1.82, 2.24) is 20.1 Å². The molecule has 0 spiro atoms. The highest BCUT2D eigenvalue weighted by Crippen LogP contribution is 2.21. The number of carbonyl (C=O) groups is 1. The number of amides is 2. The molecule has 1 atom stereocenters. The maximum Gasteiger partial charge on any atom is 0.319 e. The molecule has 0 saturated carbocycles. The Balaban J connectivity index is 1.70. The van der Waals surface area contributed by atoms with Crippen molar-refractivity contribution in [2.75, 3.05) is 5.32 Å². The quantitative estimate of drug-likeness (QED) is 0.880. The fourth-order valence-corrected chi connectivity index (χ4v) is 3.20. The zero-order chi connectivity index (χ0) is 16.9. The number of benzene rings is 1. The van der Waals surface area contributed by atoms with Gasteiger partial charge >= 0.3 is 6.03 Å². The molecule has 128 valence electrons. The first-order chi connectivity index (χ1) is 11.7. The average Bonchev–Trinajstić information content (AvgIpc) is 2.81. The minimum atomic E-state index is -0.268. The molecule has 7 heteroatoms. The molecule has 2 amide bonds. The summed E-state index contributed by atoms with van der Waals surface area (Å²) in [5.41, 5.74) is 0.662. The fraction of sp³-hybridized carbons (Fsp3) is 0.471. The normalized spacial score (nSPS) is 15.2. The van der Waals surface area contributed by atoms with Crippen LogP contribution >= 0.6 is 11.6 Å². The molecule has 0 radical (unpaired) electrons. The van der Waals surface area contributed by atoms with Crippen LogP contribution in [0.1, 0.15) is 50.3 Å². The summed E-state index contributed by atoms with van der Waals surface area (Å²) in [5.74, 6) is 1.87. The van der Waals surface area contributed by atoms with E-state index >= 15 is 0 Å². The standard InChI is InChI=1S/C17H22ClN5O/c1-2-14(16-22-21-15-9-4-3-5-10-23(15)16)20-17(24)19-13-8-6-7-12(18)11-13/h6-8,11,14H,2-5,9-10H2,1H3,(H2,19,20,24). The van der Waals surface area contributed by atoms with Gasteiger partial charge in [0.25, 0.3) is 0 Å². The highest BCUT2D eigenvalue weighted by Gasteiger charge is 2.22. The number of hydrogen-bond acceptors (Lipinski definition) is 3. The first kappa shape index (κ1) is 16.8. The molecule has 1 aliphatic heterocycles. The third kappa shape index (κ3) is 3.87. The smallest absolute Gasteiger partial charge is 0.319 e. The molecule has 3 rings (SSSR count). The minimum absolute atomic E-state index is 0.163. The lowest BCUT2D eigenvalue weighted by molar-refractivity contribution is 0.247. The zero-order valence-corrected chi connectivity index (χ0v) is 14.5. The Bertz CT molecular complexity index is 715. The Labute approximate surface area is 146 Å². The molecule has 1 aromatic heterocycles. The van der Waals surface area contributed by atoms with Crippen LogP contribution < -0.4 is 10.6 Å². The van der Waals surface area contributed by atoms with Crippen LogP contribution in [0, 0.1) is 0 Å². The van der Waals surface area contributed by atoms with Crippen molar-refractivity contribution in [2.45, 2.75) is 51.6 Å². The van der Waals surface area contributed by atoms with Gasteiger partial charge in [0.05, 0.1) is 6.04 Å². The van der Waals surface area contributed by atoms with Crippen molar-refractivity contribution in [3.05, 3.63) is 40.9 Å². The highest BCUT2D eigenvalue weighted by molar-refractivity contribution is 6.30. The maximum absolute atomic E-state index is 12.3. The van der Waals surface area contributed by atoms with E-state index in [-0.39, 0.29) is 12.1 Å². The Kier molecular flexibility index (Phi) is 5.35. The molecule has 1 aromatic carbocycles. The number of nitrogens with one attached hydrogen (secondary N) is 2. The van der Waals surface area contributed by atoms with E-state index in [9.17, 15) is 4.79 Å². The lowest BCUT2D eigenvalue weighted by atomic mass is 10.2. The second kappa shape index (κ2) is 7.66. The molecule has 0 fully saturated rings. The Hall–Kier alpha value is -2.08. The van der Waals surface area contributed by atoms with E-state index < -0.39 is 0 Å². The lowest BCUT2D eigenvalue weighted by Gasteiger charge is -2.18. The zero-order valence-electron chi connectivity index (χ0n) is 13.8. The molecular weight excluding hydrogens is 326 g/mol. The van der Waals surface area contributed by atoms with E-state index in [2.05, 4.69) is 25.4 Å². The first-order valence-corrected chi connectivity index (χ1v) is 8.80. The summed E-state index contributed by atoms with van der Waals surface area (Å²) in [6.07, 6.45) is 5.20. The summed E-state index contributed by atoms with van der Waals surface area (Å²) >= 11 is 5.94. The van der Waals surface area contributed by atoms with E-state index in [0.29, 0.717) is 10.7 Å². The van der Waals surface area contributed by atoms with Gasteiger partial charge in [0.15, 0.2) is 5.82 Å². The van der Waals surface area contributed by atoms with Crippen LogP contribution in [0.2, 0.25) is 5.02 Å². The van der Waals surface area contributed by atoms with Crippen LogP contribution in [0.25, 0.3) is 0 Å². The number of aryl methyl sites for hydroxylation is 1. The SMILES string of the molecule is CCC(NC(=O)Nc1cccc(Cl)c1)c1nnc2n1CCCCC2. The van der Waals surface area contributed by atoms with Gasteiger partial charge in [0.2, 0.25) is 0 Å². The van der Waals surface area contributed by atoms with Gasteiger partial charge in [-0.2, -0.15) is 0 Å². The minimum Gasteiger partial charge on any atom is -0.328 e. The van der Waals surface area contributed by atoms with Gasteiger partial charge in [0, 0.05) is 23.7 Å². The number of rotatable bonds is 4. The molecule has 2 aromatic rings. The third-order valence-electron chi connectivity index (χ3n) is 4.25. The van der Waals surface area contributed by atoms with Crippen LogP contribution in [-0.2, 0) is 13.0 Å². The first-order valence-electron chi connectivity index (χ1n) is 8.42. The number of fused-ring (bicyclic) bond motifs is 1. The largest absolute Gasteiger partial charge is 0.328 e. The van der Waals surface area contributed by atoms with E-state index in [1.807, 2.05) is 6.92 Å². The van der Waals surface area contributed by atoms with Crippen LogP contribution in [0.5, 0.6) is 0 Å². The van der Waals surface area contributed by atoms with E-state index in [1.165, 1.54) is 6.42 Å². The van der Waals surface area contributed by atoms with Gasteiger partial charge in [-0.1, -0.05) is 31.0 Å². The van der Waals surface area contributed by atoms with Crippen LogP contribution in [0.4, 0.5) is 10.5 Å². The molecule has 0 bridgehead atoms. The Morgan fingerprint density at radius 3 is 3.00 bits per heavy atom. The van der Waals surface area contributed by atoms with Crippen molar-refractivity contribution < 1.29 is 4.79 Å². The van der Waals surface area contributed by atoms with Crippen LogP contribution in [-0.4, -0.2) is 20.8 Å². The van der Waals surface area contributed by atoms with E-state index in [0.717, 1.165) is 43.9 Å². The molecule has 24 heavy (non-hydrogen) atoms. The third-order valence-corrected chi connectivity index (χ3v) is 4.48. The average molecular weight is 348 g/mol. The Morgan fingerprint density at radius 2 is 2.21 bits per heavy atom. The van der Waals surface area contributed by atoms with Crippen LogP contribution in [0.3, 0.4) is 0 Å². The van der Waals surface area contributed by atoms with Crippen molar-refractivity contribution >= 4 is 23.3 Å². The van der Waals surface area contributed by atoms with Gasteiger partial charge in [-0.3, -0.25) is 0 Å². The molecule has 2 N–H and O–H groups in total. The summed E-state index contributed by atoms with van der Waals surface area (Å²) in [6.45, 7) is 2.95. The number of urea groups is 1. The molecule has 1 aliphatic rings. The van der Waals surface area contributed by atoms with Crippen molar-refractivity contribution in [3.8, 4) is 0 Å². The van der Waals surface area contributed by atoms with Gasteiger partial charge in [-0.05, 0) is 37.5 Å². The summed E-state index contributed by atoms with van der Waals surface area (Å²) in [5, 5.41) is 15.0. The summed E-state index contributed by atoms with van der Waals surface area (Å²) < 4.78 is 2.17. The lowest BCUT2D eigenvalue weighted by Crippen LogP contribution is -2.34. The number of carbonyl (C=O) groups excluding carboxylic acids is 1. The topological polar surface area (TPSA) is 71.8 Å². The highest BCUT2D eigenvalue weighted by atomic mass is 35.5. The van der Waals surface area contributed by atoms with Crippen LogP contribution in [0.15, 0.2) is 24.3 Å². The second-order valence-electron chi connectivity index (χ2n) is 6.01. The summed E-state index contributed by atoms with van der Waals surface area (Å²) in [7, 11) is 0. The second-order valence-corrected chi connectivity index (χ2v) is 6.44. The van der Waals surface area contributed by atoms with Crippen molar-refractivity contribution in [2.24, 2.45) is 0 Å². The molecule has 2 heterocycles. The Morgan fingerprint density at radius 1 is 1.33 bits per heavy atom.